The molecular weight excluding hydrogens is 127 g/mol. The Morgan fingerprint density at radius 1 is 1.00 bits per heavy atom. The van der Waals surface area contributed by atoms with Gasteiger partial charge in [0.1, 0.15) is 0 Å². The van der Waals surface area contributed by atoms with Crippen LogP contribution in [0, 0.1) is 0 Å². The summed E-state index contributed by atoms with van der Waals surface area (Å²) in [7, 11) is 0. The maximum absolute atomic E-state index is 2.19. The summed E-state index contributed by atoms with van der Waals surface area (Å²) < 4.78 is 0. The molecule has 0 N–H and O–H groups in total. The van der Waals surface area contributed by atoms with Crippen LogP contribution in [0.4, 0.5) is 0 Å². The van der Waals surface area contributed by atoms with Crippen LogP contribution < -0.4 is 0 Å². The zero-order chi connectivity index (χ0) is 3.54. The van der Waals surface area contributed by atoms with E-state index in [4.69, 9.17) is 0 Å². The van der Waals surface area contributed by atoms with Crippen LogP contribution in [-0.4, -0.2) is 14.5 Å². The molecule has 1 rings (SSSR count). The van der Waals surface area contributed by atoms with Gasteiger partial charge in [0.2, 0.25) is 0 Å². The Hall–Kier alpha value is -0.000519. The van der Waals surface area contributed by atoms with Crippen LogP contribution in [0.25, 0.3) is 0 Å². The van der Waals surface area contributed by atoms with Gasteiger partial charge in [0.15, 0.2) is 0 Å². The van der Waals surface area contributed by atoms with Gasteiger partial charge in [-0.25, -0.2) is 0 Å². The Morgan fingerprint density at radius 2 is 1.60 bits per heavy atom. The predicted octanol–water partition coefficient (Wildman–Crippen LogP) is 0.744. The standard InChI is InChI=1S/C4H4Se/c1-2-4-5-3-1/h1-4H. The molecule has 0 aliphatic heterocycles. The SMILES string of the molecule is c1cc[se]c1. The molecule has 5 heavy (non-hydrogen) atoms. The van der Waals surface area contributed by atoms with Crippen molar-refractivity contribution in [3.63, 3.8) is 0 Å². The van der Waals surface area contributed by atoms with E-state index in [1.54, 1.807) is 0 Å². The van der Waals surface area contributed by atoms with Crippen molar-refractivity contribution in [3.8, 4) is 0 Å². The van der Waals surface area contributed by atoms with Crippen molar-refractivity contribution in [1.29, 1.82) is 0 Å². The van der Waals surface area contributed by atoms with E-state index in [9.17, 15) is 0 Å². The molecule has 0 amide bonds. The Labute approximate surface area is 37.2 Å². The van der Waals surface area contributed by atoms with Gasteiger partial charge in [0.05, 0.1) is 0 Å². The summed E-state index contributed by atoms with van der Waals surface area (Å²) in [6.45, 7) is 0. The van der Waals surface area contributed by atoms with Crippen LogP contribution in [0.3, 0.4) is 0 Å². The fourth-order valence-electron chi connectivity index (χ4n) is 0.227. The molecule has 0 nitrogen and oxygen atoms in total. The molecule has 0 radical (unpaired) electrons. The first-order chi connectivity index (χ1) is 2.50. The zero-order valence-corrected chi connectivity index (χ0v) is 4.43. The van der Waals surface area contributed by atoms with Crippen molar-refractivity contribution >= 4 is 14.5 Å². The van der Waals surface area contributed by atoms with E-state index in [0.717, 1.165) is 0 Å². The van der Waals surface area contributed by atoms with Crippen molar-refractivity contribution in [2.24, 2.45) is 0 Å². The first kappa shape index (κ1) is 3.20. The fourth-order valence-corrected chi connectivity index (χ4v) is 1.18. The molecule has 0 spiro atoms. The molecule has 0 atom stereocenters. The average molecular weight is 131 g/mol. The Balaban J connectivity index is 3.13. The van der Waals surface area contributed by atoms with Crippen molar-refractivity contribution in [2.75, 3.05) is 0 Å². The van der Waals surface area contributed by atoms with E-state index in [-0.39, 0.29) is 0 Å². The topological polar surface area (TPSA) is 0 Å². The van der Waals surface area contributed by atoms with Gasteiger partial charge in [-0.2, -0.15) is 0 Å². The second-order valence-electron chi connectivity index (χ2n) is 0.793. The summed E-state index contributed by atoms with van der Waals surface area (Å²) in [6, 6.07) is 4.17. The molecule has 1 heterocycles. The minimum absolute atomic E-state index is 0.708. The van der Waals surface area contributed by atoms with E-state index in [0.29, 0.717) is 14.5 Å². The van der Waals surface area contributed by atoms with Crippen LogP contribution in [0.2, 0.25) is 0 Å². The normalized spacial score (nSPS) is 8.00. The molecule has 0 fully saturated rings. The zero-order valence-electron chi connectivity index (χ0n) is 2.72. The molecule has 0 saturated carbocycles. The van der Waals surface area contributed by atoms with Gasteiger partial charge in [-0.1, -0.05) is 0 Å². The van der Waals surface area contributed by atoms with Crippen molar-refractivity contribution in [1.82, 2.24) is 0 Å². The fraction of sp³-hybridized carbons (Fsp3) is 0. The minimum atomic E-state index is 0.708. The predicted molar refractivity (Wildman–Crippen MR) is 23.4 cm³/mol. The molecule has 0 aromatic carbocycles. The quantitative estimate of drug-likeness (QED) is 0.455. The molecule has 0 aliphatic rings. The summed E-state index contributed by atoms with van der Waals surface area (Å²) in [5.41, 5.74) is 0. The van der Waals surface area contributed by atoms with Gasteiger partial charge in [-0.05, 0) is 0 Å². The molecule has 1 aromatic heterocycles. The molecule has 0 unspecified atom stereocenters. The van der Waals surface area contributed by atoms with Gasteiger partial charge in [-0.15, -0.1) is 0 Å². The van der Waals surface area contributed by atoms with E-state index in [2.05, 4.69) is 22.0 Å². The van der Waals surface area contributed by atoms with Crippen molar-refractivity contribution in [2.45, 2.75) is 0 Å². The monoisotopic (exact) mass is 132 g/mol. The van der Waals surface area contributed by atoms with Gasteiger partial charge >= 0.3 is 36.5 Å². The van der Waals surface area contributed by atoms with Crippen molar-refractivity contribution in [3.05, 3.63) is 22.0 Å². The summed E-state index contributed by atoms with van der Waals surface area (Å²) >= 11 is 0.708. The summed E-state index contributed by atoms with van der Waals surface area (Å²) in [4.78, 5) is 4.38. The molecule has 0 saturated heterocycles. The van der Waals surface area contributed by atoms with E-state index in [1.807, 2.05) is 0 Å². The molecule has 26 valence electrons. The van der Waals surface area contributed by atoms with Crippen LogP contribution >= 0.6 is 0 Å². The molecule has 0 aliphatic carbocycles. The average Bonchev–Trinajstić information content (AvgIpc) is 1.76. The second-order valence-corrected chi connectivity index (χ2v) is 2.51. The van der Waals surface area contributed by atoms with E-state index < -0.39 is 0 Å². The summed E-state index contributed by atoms with van der Waals surface area (Å²) in [6.07, 6.45) is 0. The Bertz CT molecular complexity index is 60.1. The van der Waals surface area contributed by atoms with Crippen LogP contribution in [0.1, 0.15) is 0 Å². The van der Waals surface area contributed by atoms with Crippen LogP contribution in [0.5, 0.6) is 0 Å². The van der Waals surface area contributed by atoms with E-state index in [1.165, 1.54) is 0 Å². The Kier molecular flexibility index (Phi) is 0.921. The molecule has 1 aromatic rings. The molecular formula is C4H4Se. The first-order valence-electron chi connectivity index (χ1n) is 1.47. The van der Waals surface area contributed by atoms with Gasteiger partial charge in [0.25, 0.3) is 0 Å². The van der Waals surface area contributed by atoms with Crippen molar-refractivity contribution < 1.29 is 0 Å². The second kappa shape index (κ2) is 1.44. The third-order valence-corrected chi connectivity index (χ3v) is 1.74. The third kappa shape index (κ3) is 0.640. The molecule has 0 bridgehead atoms. The van der Waals surface area contributed by atoms with Gasteiger partial charge in [-0.3, -0.25) is 0 Å². The van der Waals surface area contributed by atoms with Gasteiger partial charge < -0.3 is 0 Å². The third-order valence-electron chi connectivity index (χ3n) is 0.425. The number of hydrogen-bond donors (Lipinski definition) is 0. The summed E-state index contributed by atoms with van der Waals surface area (Å²) in [5.74, 6) is 0. The van der Waals surface area contributed by atoms with E-state index >= 15 is 0 Å². The van der Waals surface area contributed by atoms with Crippen LogP contribution in [-0.2, 0) is 0 Å². The summed E-state index contributed by atoms with van der Waals surface area (Å²) in [5, 5.41) is 0. The number of rotatable bonds is 0. The first-order valence-corrected chi connectivity index (χ1v) is 3.45. The van der Waals surface area contributed by atoms with Gasteiger partial charge in [0, 0.05) is 0 Å². The van der Waals surface area contributed by atoms with Crippen LogP contribution in [0.15, 0.2) is 22.0 Å². The molecule has 1 heteroatoms. The Morgan fingerprint density at radius 3 is 1.80 bits per heavy atom. The number of hydrogen-bond acceptors (Lipinski definition) is 0. The maximum atomic E-state index is 2.19.